The van der Waals surface area contributed by atoms with Gasteiger partial charge in [-0.15, -0.1) is 5.10 Å². The SMILES string of the molecule is COc1ncc(C2=NN3C(C#CC(C)(C)O)=[N+]=C3C=C2)cc1NS(=O)(=O)c1ccc(F)cc1. The number of aromatic nitrogens is 1. The molecule has 0 spiro atoms. The molecule has 2 aliphatic rings. The zero-order valence-corrected chi connectivity index (χ0v) is 18.7. The molecular formula is C22H19FN5O4S+. The van der Waals surface area contributed by atoms with Gasteiger partial charge in [0.25, 0.3) is 10.0 Å². The number of pyridine rings is 1. The summed E-state index contributed by atoms with van der Waals surface area (Å²) >= 11 is 0. The molecule has 4 rings (SSSR count). The maximum atomic E-state index is 13.2. The van der Waals surface area contributed by atoms with Crippen LogP contribution < -0.4 is 14.1 Å². The second-order valence-electron chi connectivity index (χ2n) is 7.57. The minimum absolute atomic E-state index is 0.0549. The van der Waals surface area contributed by atoms with Crippen LogP contribution in [0.2, 0.25) is 0 Å². The summed E-state index contributed by atoms with van der Waals surface area (Å²) in [5.74, 6) is 5.91. The van der Waals surface area contributed by atoms with Crippen molar-refractivity contribution in [2.45, 2.75) is 24.3 Å². The van der Waals surface area contributed by atoms with Crippen LogP contribution in [0.5, 0.6) is 5.88 Å². The van der Waals surface area contributed by atoms with Crippen LogP contribution in [-0.2, 0) is 10.0 Å². The first-order valence-corrected chi connectivity index (χ1v) is 11.1. The lowest BCUT2D eigenvalue weighted by Crippen LogP contribution is -2.45. The van der Waals surface area contributed by atoms with Crippen molar-refractivity contribution in [2.75, 3.05) is 11.8 Å². The van der Waals surface area contributed by atoms with Crippen molar-refractivity contribution in [3.8, 4) is 17.7 Å². The van der Waals surface area contributed by atoms with E-state index < -0.39 is 21.4 Å². The predicted octanol–water partition coefficient (Wildman–Crippen LogP) is 1.26. The number of rotatable bonds is 5. The second kappa shape index (κ2) is 8.18. The number of fused-ring (bicyclic) bond motifs is 1. The summed E-state index contributed by atoms with van der Waals surface area (Å²) in [7, 11) is -2.66. The van der Waals surface area contributed by atoms with Crippen molar-refractivity contribution >= 4 is 33.1 Å². The van der Waals surface area contributed by atoms with Crippen molar-refractivity contribution in [1.82, 2.24) is 14.7 Å². The van der Waals surface area contributed by atoms with Gasteiger partial charge in [-0.2, -0.15) is 0 Å². The first kappa shape index (κ1) is 22.2. The molecule has 0 saturated heterocycles. The van der Waals surface area contributed by atoms with Crippen molar-refractivity contribution in [2.24, 2.45) is 5.10 Å². The van der Waals surface area contributed by atoms with Gasteiger partial charge in [-0.05, 0) is 50.3 Å². The Morgan fingerprint density at radius 1 is 1.24 bits per heavy atom. The Labute approximate surface area is 189 Å². The Bertz CT molecular complexity index is 1420. The molecule has 11 heteroatoms. The van der Waals surface area contributed by atoms with Crippen LogP contribution in [0.25, 0.3) is 0 Å². The Morgan fingerprint density at radius 2 is 1.97 bits per heavy atom. The number of hydrogen-bond acceptors (Lipinski definition) is 7. The molecule has 2 aromatic rings. The van der Waals surface area contributed by atoms with E-state index in [0.717, 1.165) is 24.3 Å². The molecule has 33 heavy (non-hydrogen) atoms. The standard InChI is InChI=1S/C22H19FN5O4S/c1-22(2,29)11-10-20-25-19-9-8-17(26-28(19)20)14-12-18(21(32-3)24-13-14)27-33(30,31)16-6-4-15(23)5-7-16/h4-9,12-13,27,29H,1-3H3/q+1. The lowest BCUT2D eigenvalue weighted by molar-refractivity contribution is 0.143. The van der Waals surface area contributed by atoms with Crippen LogP contribution in [0.15, 0.2) is 58.7 Å². The van der Waals surface area contributed by atoms with E-state index >= 15 is 0 Å². The van der Waals surface area contributed by atoms with Gasteiger partial charge in [-0.3, -0.25) is 4.72 Å². The summed E-state index contributed by atoms with van der Waals surface area (Å²) in [6.45, 7) is 3.12. The number of benzene rings is 1. The molecular weight excluding hydrogens is 449 g/mol. The number of anilines is 1. The molecule has 0 atom stereocenters. The highest BCUT2D eigenvalue weighted by atomic mass is 32.2. The maximum Gasteiger partial charge on any atom is 0.396 e. The number of aliphatic hydroxyl groups is 1. The Balaban J connectivity index is 1.63. The van der Waals surface area contributed by atoms with Crippen LogP contribution in [0.1, 0.15) is 19.4 Å². The number of methoxy groups -OCH3 is 1. The molecule has 0 radical (unpaired) electrons. The lowest BCUT2D eigenvalue weighted by atomic mass is 10.1. The third kappa shape index (κ3) is 4.78. The first-order chi connectivity index (χ1) is 15.6. The molecule has 0 bridgehead atoms. The van der Waals surface area contributed by atoms with E-state index in [0.29, 0.717) is 22.9 Å². The van der Waals surface area contributed by atoms with Gasteiger partial charge in [0.05, 0.1) is 12.0 Å². The molecule has 0 unspecified atom stereocenters. The third-order valence-electron chi connectivity index (χ3n) is 4.42. The van der Waals surface area contributed by atoms with E-state index in [1.165, 1.54) is 24.4 Å². The first-order valence-electron chi connectivity index (χ1n) is 9.66. The van der Waals surface area contributed by atoms with E-state index in [-0.39, 0.29) is 16.5 Å². The number of nitrogens with zero attached hydrogens (tertiary/aromatic N) is 4. The number of halogens is 1. The number of amidine groups is 2. The molecule has 3 heterocycles. The lowest BCUT2D eigenvalue weighted by Gasteiger charge is -2.18. The van der Waals surface area contributed by atoms with Crippen molar-refractivity contribution in [1.29, 1.82) is 0 Å². The van der Waals surface area contributed by atoms with Gasteiger partial charge in [-0.1, -0.05) is 10.9 Å². The van der Waals surface area contributed by atoms with Gasteiger partial charge in [-0.25, -0.2) is 22.5 Å². The molecule has 1 aromatic heterocycles. The van der Waals surface area contributed by atoms with E-state index in [9.17, 15) is 17.9 Å². The molecule has 0 fully saturated rings. The maximum absolute atomic E-state index is 13.2. The summed E-state index contributed by atoms with van der Waals surface area (Å²) < 4.78 is 50.5. The summed E-state index contributed by atoms with van der Waals surface area (Å²) in [4.78, 5) is 4.06. The molecule has 0 amide bonds. The van der Waals surface area contributed by atoms with Gasteiger partial charge in [0, 0.05) is 23.8 Å². The Hall–Kier alpha value is -3.97. The van der Waals surface area contributed by atoms with Crippen LogP contribution in [0.4, 0.5) is 10.1 Å². The normalized spacial score (nSPS) is 14.7. The molecule has 1 aromatic carbocycles. The Kier molecular flexibility index (Phi) is 5.51. The van der Waals surface area contributed by atoms with Crippen molar-refractivity contribution in [3.05, 3.63) is 60.1 Å². The molecule has 168 valence electrons. The highest BCUT2D eigenvalue weighted by Crippen LogP contribution is 2.27. The number of nitrogens with one attached hydrogen (secondary N) is 1. The highest BCUT2D eigenvalue weighted by molar-refractivity contribution is 7.92. The number of ether oxygens (including phenoxy) is 1. The molecule has 9 nitrogen and oxygen atoms in total. The zero-order valence-electron chi connectivity index (χ0n) is 17.9. The smallest absolute Gasteiger partial charge is 0.396 e. The van der Waals surface area contributed by atoms with Gasteiger partial charge in [0.2, 0.25) is 5.88 Å². The molecule has 0 saturated carbocycles. The fraction of sp³-hybridized carbons (Fsp3) is 0.182. The molecule has 2 aliphatic heterocycles. The van der Waals surface area contributed by atoms with E-state index in [2.05, 4.69) is 31.3 Å². The minimum atomic E-state index is -4.02. The zero-order chi connectivity index (χ0) is 23.8. The van der Waals surface area contributed by atoms with Gasteiger partial charge in [0.15, 0.2) is 0 Å². The summed E-state index contributed by atoms with van der Waals surface area (Å²) in [5, 5.41) is 15.8. The van der Waals surface area contributed by atoms with Crippen LogP contribution in [0, 0.1) is 17.7 Å². The second-order valence-corrected chi connectivity index (χ2v) is 9.26. The van der Waals surface area contributed by atoms with E-state index in [1.807, 2.05) is 0 Å². The number of sulfonamides is 1. The number of hydrazone groups is 1. The Morgan fingerprint density at radius 3 is 2.64 bits per heavy atom. The highest BCUT2D eigenvalue weighted by Gasteiger charge is 2.35. The van der Waals surface area contributed by atoms with Gasteiger partial charge in [0.1, 0.15) is 22.8 Å². The monoisotopic (exact) mass is 468 g/mol. The van der Waals surface area contributed by atoms with Crippen LogP contribution >= 0.6 is 0 Å². The van der Waals surface area contributed by atoms with Crippen molar-refractivity contribution < 1.29 is 22.7 Å². The summed E-state index contributed by atoms with van der Waals surface area (Å²) in [6, 6.07) is 5.96. The minimum Gasteiger partial charge on any atom is -0.480 e. The van der Waals surface area contributed by atoms with Crippen LogP contribution in [0.3, 0.4) is 0 Å². The summed E-state index contributed by atoms with van der Waals surface area (Å²) in [5.41, 5.74) is -0.102. The fourth-order valence-corrected chi connectivity index (χ4v) is 3.91. The average molecular weight is 468 g/mol. The number of hydrogen-bond donors (Lipinski definition) is 2. The molecule has 2 N–H and O–H groups in total. The van der Waals surface area contributed by atoms with Gasteiger partial charge >= 0.3 is 11.7 Å². The fourth-order valence-electron chi connectivity index (χ4n) is 2.86. The third-order valence-corrected chi connectivity index (χ3v) is 5.81. The quantitative estimate of drug-likeness (QED) is 0.504. The largest absolute Gasteiger partial charge is 0.480 e. The predicted molar refractivity (Wildman–Crippen MR) is 122 cm³/mol. The summed E-state index contributed by atoms with van der Waals surface area (Å²) in [6.07, 6.45) is 4.92. The van der Waals surface area contributed by atoms with E-state index in [4.69, 9.17) is 4.74 Å². The van der Waals surface area contributed by atoms with E-state index in [1.54, 1.807) is 26.0 Å². The molecule has 0 aliphatic carbocycles. The topological polar surface area (TPSA) is 118 Å². The van der Waals surface area contributed by atoms with Crippen LogP contribution in [-0.4, -0.2) is 53.6 Å². The van der Waals surface area contributed by atoms with Gasteiger partial charge < -0.3 is 9.84 Å². The van der Waals surface area contributed by atoms with Crippen molar-refractivity contribution in [3.63, 3.8) is 0 Å². The number of allylic oxidation sites excluding steroid dienone is 1. The average Bonchev–Trinajstić information content (AvgIpc) is 2.73.